The standard InChI is InChI=1S/C15H27N3S/c1-6-13-9-16-8-7-15(13,18-10(2)3)14-17-11(4)12(5)19-14/h10,13,16,18H,6-9H2,1-5H3. The van der Waals surface area contributed by atoms with E-state index in [2.05, 4.69) is 45.3 Å². The number of aryl methyl sites for hydroxylation is 2. The van der Waals surface area contributed by atoms with Crippen LogP contribution in [0.5, 0.6) is 0 Å². The second-order valence-corrected chi connectivity index (χ2v) is 7.19. The first-order valence-corrected chi connectivity index (χ1v) is 8.24. The van der Waals surface area contributed by atoms with Gasteiger partial charge in [-0.25, -0.2) is 4.98 Å². The number of nitrogens with zero attached hydrogens (tertiary/aromatic N) is 1. The maximum absolute atomic E-state index is 4.89. The van der Waals surface area contributed by atoms with E-state index in [0.717, 1.165) is 19.5 Å². The average Bonchev–Trinajstić information content (AvgIpc) is 2.70. The summed E-state index contributed by atoms with van der Waals surface area (Å²) in [6, 6.07) is 0.483. The first kappa shape index (κ1) is 14.9. The quantitative estimate of drug-likeness (QED) is 0.891. The van der Waals surface area contributed by atoms with Crippen LogP contribution < -0.4 is 10.6 Å². The molecule has 1 aromatic heterocycles. The van der Waals surface area contributed by atoms with Crippen LogP contribution in [0.25, 0.3) is 0 Å². The number of nitrogens with one attached hydrogen (secondary N) is 2. The van der Waals surface area contributed by atoms with Crippen molar-refractivity contribution >= 4 is 11.3 Å². The third-order valence-corrected chi connectivity index (χ3v) is 5.48. The molecular weight excluding hydrogens is 254 g/mol. The van der Waals surface area contributed by atoms with Crippen LogP contribution in [0.2, 0.25) is 0 Å². The molecule has 1 aliphatic heterocycles. The Morgan fingerprint density at radius 2 is 2.21 bits per heavy atom. The van der Waals surface area contributed by atoms with Crippen molar-refractivity contribution in [3.63, 3.8) is 0 Å². The Morgan fingerprint density at radius 3 is 2.74 bits per heavy atom. The summed E-state index contributed by atoms with van der Waals surface area (Å²) in [7, 11) is 0. The van der Waals surface area contributed by atoms with Gasteiger partial charge in [0.1, 0.15) is 5.01 Å². The van der Waals surface area contributed by atoms with Crippen LogP contribution in [0.1, 0.15) is 49.2 Å². The van der Waals surface area contributed by atoms with Crippen LogP contribution in [0.3, 0.4) is 0 Å². The van der Waals surface area contributed by atoms with E-state index in [4.69, 9.17) is 4.98 Å². The molecule has 108 valence electrons. The molecule has 2 N–H and O–H groups in total. The maximum Gasteiger partial charge on any atom is 0.114 e. The van der Waals surface area contributed by atoms with Crippen molar-refractivity contribution in [2.24, 2.45) is 5.92 Å². The Labute approximate surface area is 121 Å². The minimum atomic E-state index is 0.0673. The second-order valence-electron chi connectivity index (χ2n) is 5.99. The van der Waals surface area contributed by atoms with E-state index < -0.39 is 0 Å². The predicted molar refractivity (Wildman–Crippen MR) is 82.8 cm³/mol. The van der Waals surface area contributed by atoms with Crippen molar-refractivity contribution in [3.05, 3.63) is 15.6 Å². The highest BCUT2D eigenvalue weighted by Crippen LogP contribution is 2.40. The van der Waals surface area contributed by atoms with Gasteiger partial charge in [-0.15, -0.1) is 11.3 Å². The zero-order valence-corrected chi connectivity index (χ0v) is 13.7. The Balaban J connectivity index is 2.43. The molecule has 2 unspecified atom stereocenters. The normalized spacial score (nSPS) is 28.0. The molecule has 19 heavy (non-hydrogen) atoms. The van der Waals surface area contributed by atoms with Crippen molar-refractivity contribution in [3.8, 4) is 0 Å². The highest BCUT2D eigenvalue weighted by atomic mass is 32.1. The van der Waals surface area contributed by atoms with Gasteiger partial charge < -0.3 is 10.6 Å². The van der Waals surface area contributed by atoms with Crippen molar-refractivity contribution < 1.29 is 0 Å². The summed E-state index contributed by atoms with van der Waals surface area (Å²) in [6.45, 7) is 13.2. The Hall–Kier alpha value is -0.450. The van der Waals surface area contributed by atoms with E-state index in [9.17, 15) is 0 Å². The maximum atomic E-state index is 4.89. The van der Waals surface area contributed by atoms with Crippen LogP contribution in [0, 0.1) is 19.8 Å². The van der Waals surface area contributed by atoms with Crippen LogP contribution in [0.15, 0.2) is 0 Å². The van der Waals surface area contributed by atoms with Crippen molar-refractivity contribution in [2.45, 2.75) is 59.0 Å². The van der Waals surface area contributed by atoms with Gasteiger partial charge in [0, 0.05) is 17.5 Å². The van der Waals surface area contributed by atoms with E-state index in [0.29, 0.717) is 12.0 Å². The molecule has 0 saturated carbocycles. The van der Waals surface area contributed by atoms with Gasteiger partial charge in [-0.1, -0.05) is 6.92 Å². The van der Waals surface area contributed by atoms with E-state index >= 15 is 0 Å². The van der Waals surface area contributed by atoms with Crippen LogP contribution in [-0.4, -0.2) is 24.1 Å². The van der Waals surface area contributed by atoms with Gasteiger partial charge in [0.15, 0.2) is 0 Å². The van der Waals surface area contributed by atoms with E-state index in [-0.39, 0.29) is 5.54 Å². The summed E-state index contributed by atoms with van der Waals surface area (Å²) < 4.78 is 0. The first-order valence-electron chi connectivity index (χ1n) is 7.42. The lowest BCUT2D eigenvalue weighted by Crippen LogP contribution is -2.58. The van der Waals surface area contributed by atoms with E-state index in [1.54, 1.807) is 0 Å². The molecule has 1 saturated heterocycles. The smallest absolute Gasteiger partial charge is 0.114 e. The Kier molecular flexibility index (Phi) is 4.64. The summed E-state index contributed by atoms with van der Waals surface area (Å²) in [4.78, 5) is 6.24. The van der Waals surface area contributed by atoms with Gasteiger partial charge in [0.05, 0.1) is 11.2 Å². The zero-order chi connectivity index (χ0) is 14.0. The molecule has 2 rings (SSSR count). The van der Waals surface area contributed by atoms with Crippen LogP contribution in [0.4, 0.5) is 0 Å². The number of aromatic nitrogens is 1. The molecule has 1 fully saturated rings. The molecule has 0 aliphatic carbocycles. The summed E-state index contributed by atoms with van der Waals surface area (Å²) >= 11 is 1.88. The van der Waals surface area contributed by atoms with Gasteiger partial charge in [-0.3, -0.25) is 0 Å². The van der Waals surface area contributed by atoms with Crippen molar-refractivity contribution in [1.29, 1.82) is 0 Å². The minimum absolute atomic E-state index is 0.0673. The molecule has 1 aromatic rings. The van der Waals surface area contributed by atoms with Crippen molar-refractivity contribution in [2.75, 3.05) is 13.1 Å². The Bertz CT molecular complexity index is 408. The zero-order valence-electron chi connectivity index (χ0n) is 12.8. The van der Waals surface area contributed by atoms with Gasteiger partial charge >= 0.3 is 0 Å². The molecule has 0 aromatic carbocycles. The fourth-order valence-electron chi connectivity index (χ4n) is 3.14. The number of hydrogen-bond acceptors (Lipinski definition) is 4. The van der Waals surface area contributed by atoms with E-state index in [1.807, 2.05) is 11.3 Å². The molecule has 0 spiro atoms. The summed E-state index contributed by atoms with van der Waals surface area (Å²) in [5.41, 5.74) is 1.26. The largest absolute Gasteiger partial charge is 0.316 e. The third-order valence-electron chi connectivity index (χ3n) is 4.23. The highest BCUT2D eigenvalue weighted by molar-refractivity contribution is 7.11. The first-order chi connectivity index (χ1) is 8.99. The lowest BCUT2D eigenvalue weighted by Gasteiger charge is -2.45. The highest BCUT2D eigenvalue weighted by Gasteiger charge is 2.44. The number of thiazole rings is 1. The minimum Gasteiger partial charge on any atom is -0.316 e. The topological polar surface area (TPSA) is 37.0 Å². The van der Waals surface area contributed by atoms with Crippen molar-refractivity contribution in [1.82, 2.24) is 15.6 Å². The summed E-state index contributed by atoms with van der Waals surface area (Å²) in [5.74, 6) is 0.619. The van der Waals surface area contributed by atoms with E-state index in [1.165, 1.54) is 22.0 Å². The van der Waals surface area contributed by atoms with Gasteiger partial charge in [-0.2, -0.15) is 0 Å². The fraction of sp³-hybridized carbons (Fsp3) is 0.800. The van der Waals surface area contributed by atoms with Gasteiger partial charge in [-0.05, 0) is 53.0 Å². The van der Waals surface area contributed by atoms with Gasteiger partial charge in [0.25, 0.3) is 0 Å². The molecule has 0 amide bonds. The monoisotopic (exact) mass is 281 g/mol. The number of piperidine rings is 1. The second kappa shape index (κ2) is 5.90. The SMILES string of the molecule is CCC1CNCCC1(NC(C)C)c1nc(C)c(C)s1. The molecular formula is C15H27N3S. The van der Waals surface area contributed by atoms with Crippen LogP contribution in [-0.2, 0) is 5.54 Å². The predicted octanol–water partition coefficient (Wildman–Crippen LogP) is 2.97. The molecule has 2 heterocycles. The van der Waals surface area contributed by atoms with Gasteiger partial charge in [0.2, 0.25) is 0 Å². The van der Waals surface area contributed by atoms with Crippen LogP contribution >= 0.6 is 11.3 Å². The molecule has 4 heteroatoms. The molecule has 2 atom stereocenters. The lowest BCUT2D eigenvalue weighted by atomic mass is 9.76. The molecule has 0 bridgehead atoms. The molecule has 1 aliphatic rings. The Morgan fingerprint density at radius 1 is 1.47 bits per heavy atom. The summed E-state index contributed by atoms with van der Waals surface area (Å²) in [5, 5.41) is 8.70. The average molecular weight is 281 g/mol. The number of rotatable bonds is 4. The number of hydrogen-bond donors (Lipinski definition) is 2. The molecule has 3 nitrogen and oxygen atoms in total. The fourth-order valence-corrected chi connectivity index (χ4v) is 4.32. The lowest BCUT2D eigenvalue weighted by molar-refractivity contribution is 0.137. The molecule has 0 radical (unpaired) electrons. The third kappa shape index (κ3) is 2.86. The summed E-state index contributed by atoms with van der Waals surface area (Å²) in [6.07, 6.45) is 2.32.